The van der Waals surface area contributed by atoms with Crippen molar-refractivity contribution in [1.82, 2.24) is 5.32 Å². The Balaban J connectivity index is 2.55. The second-order valence-electron chi connectivity index (χ2n) is 4.41. The predicted molar refractivity (Wildman–Crippen MR) is 74.8 cm³/mol. The molecule has 0 bridgehead atoms. The SMILES string of the molecule is CC(C)NCCC(=O)Nc1ccc(C(=O)O)c(Cl)c1. The largest absolute Gasteiger partial charge is 0.478 e. The first-order valence-electron chi connectivity index (χ1n) is 5.96. The molecule has 1 aromatic rings. The highest BCUT2D eigenvalue weighted by atomic mass is 35.5. The minimum Gasteiger partial charge on any atom is -0.478 e. The molecule has 1 rings (SSSR count). The molecule has 1 aromatic carbocycles. The predicted octanol–water partition coefficient (Wildman–Crippen LogP) is 2.36. The van der Waals surface area contributed by atoms with E-state index in [2.05, 4.69) is 10.6 Å². The summed E-state index contributed by atoms with van der Waals surface area (Å²) in [7, 11) is 0. The molecule has 0 aliphatic heterocycles. The second kappa shape index (κ2) is 7.11. The van der Waals surface area contributed by atoms with Crippen molar-refractivity contribution < 1.29 is 14.7 Å². The summed E-state index contributed by atoms with van der Waals surface area (Å²) in [5, 5.41) is 14.7. The molecule has 5 nitrogen and oxygen atoms in total. The van der Waals surface area contributed by atoms with Crippen molar-refractivity contribution in [2.75, 3.05) is 11.9 Å². The Hall–Kier alpha value is -1.59. The van der Waals surface area contributed by atoms with Crippen molar-refractivity contribution in [3.05, 3.63) is 28.8 Å². The van der Waals surface area contributed by atoms with Crippen LogP contribution < -0.4 is 10.6 Å². The standard InChI is InChI=1S/C13H17ClN2O3/c1-8(2)15-6-5-12(17)16-9-3-4-10(13(18)19)11(14)7-9/h3-4,7-8,15H,5-6H2,1-2H3,(H,16,17)(H,18,19). The van der Waals surface area contributed by atoms with Crippen LogP contribution in [0.3, 0.4) is 0 Å². The number of carbonyl (C=O) groups is 2. The number of carboxylic acid groups (broad SMARTS) is 1. The fourth-order valence-corrected chi connectivity index (χ4v) is 1.73. The molecule has 0 aromatic heterocycles. The van der Waals surface area contributed by atoms with E-state index in [0.29, 0.717) is 24.7 Å². The van der Waals surface area contributed by atoms with Crippen molar-refractivity contribution in [3.8, 4) is 0 Å². The van der Waals surface area contributed by atoms with Crippen LogP contribution >= 0.6 is 11.6 Å². The van der Waals surface area contributed by atoms with Crippen LogP contribution in [0.15, 0.2) is 18.2 Å². The van der Waals surface area contributed by atoms with Gasteiger partial charge in [0.05, 0.1) is 10.6 Å². The fraction of sp³-hybridized carbons (Fsp3) is 0.385. The molecule has 19 heavy (non-hydrogen) atoms. The van der Waals surface area contributed by atoms with Gasteiger partial charge >= 0.3 is 5.97 Å². The van der Waals surface area contributed by atoms with E-state index in [4.69, 9.17) is 16.7 Å². The lowest BCUT2D eigenvalue weighted by Crippen LogP contribution is -2.27. The number of carbonyl (C=O) groups excluding carboxylic acids is 1. The quantitative estimate of drug-likeness (QED) is 0.749. The lowest BCUT2D eigenvalue weighted by Gasteiger charge is -2.09. The van der Waals surface area contributed by atoms with Crippen LogP contribution in [0.5, 0.6) is 0 Å². The van der Waals surface area contributed by atoms with Crippen molar-refractivity contribution in [3.63, 3.8) is 0 Å². The molecule has 0 radical (unpaired) electrons. The third kappa shape index (κ3) is 5.28. The monoisotopic (exact) mass is 284 g/mol. The number of rotatable bonds is 6. The number of anilines is 1. The lowest BCUT2D eigenvalue weighted by molar-refractivity contribution is -0.116. The molecule has 0 aliphatic rings. The van der Waals surface area contributed by atoms with Crippen LogP contribution in [0, 0.1) is 0 Å². The number of hydrogen-bond acceptors (Lipinski definition) is 3. The summed E-state index contributed by atoms with van der Waals surface area (Å²) in [6, 6.07) is 4.64. The molecule has 0 fully saturated rings. The zero-order valence-electron chi connectivity index (χ0n) is 10.9. The maximum Gasteiger partial charge on any atom is 0.337 e. The first kappa shape index (κ1) is 15.5. The Morgan fingerprint density at radius 1 is 1.37 bits per heavy atom. The molecule has 0 aliphatic carbocycles. The summed E-state index contributed by atoms with van der Waals surface area (Å²) in [5.41, 5.74) is 0.505. The Morgan fingerprint density at radius 3 is 2.58 bits per heavy atom. The van der Waals surface area contributed by atoms with Crippen molar-refractivity contribution in [2.24, 2.45) is 0 Å². The average molecular weight is 285 g/mol. The molecular weight excluding hydrogens is 268 g/mol. The van der Waals surface area contributed by atoms with Crippen LogP contribution in [0.2, 0.25) is 5.02 Å². The molecule has 1 amide bonds. The van der Waals surface area contributed by atoms with Crippen molar-refractivity contribution >= 4 is 29.2 Å². The van der Waals surface area contributed by atoms with Crippen LogP contribution in [0.25, 0.3) is 0 Å². The van der Waals surface area contributed by atoms with E-state index in [1.165, 1.54) is 18.2 Å². The zero-order chi connectivity index (χ0) is 14.4. The van der Waals surface area contributed by atoms with E-state index in [1.54, 1.807) is 0 Å². The Kier molecular flexibility index (Phi) is 5.79. The van der Waals surface area contributed by atoms with Gasteiger partial charge in [-0.1, -0.05) is 25.4 Å². The smallest absolute Gasteiger partial charge is 0.337 e. The average Bonchev–Trinajstić information content (AvgIpc) is 2.27. The molecule has 6 heteroatoms. The Labute approximate surface area is 117 Å². The molecule has 3 N–H and O–H groups in total. The minimum atomic E-state index is -1.09. The first-order valence-corrected chi connectivity index (χ1v) is 6.34. The zero-order valence-corrected chi connectivity index (χ0v) is 11.6. The number of carboxylic acids is 1. The molecule has 0 unspecified atom stereocenters. The van der Waals surface area contributed by atoms with Gasteiger partial charge in [0, 0.05) is 24.7 Å². The van der Waals surface area contributed by atoms with Gasteiger partial charge in [-0.05, 0) is 18.2 Å². The number of nitrogens with one attached hydrogen (secondary N) is 2. The van der Waals surface area contributed by atoms with Gasteiger partial charge in [-0.15, -0.1) is 0 Å². The summed E-state index contributed by atoms with van der Waals surface area (Å²) in [6.45, 7) is 4.59. The van der Waals surface area contributed by atoms with Gasteiger partial charge in [0.25, 0.3) is 0 Å². The molecule has 0 spiro atoms. The topological polar surface area (TPSA) is 78.4 Å². The number of halogens is 1. The summed E-state index contributed by atoms with van der Waals surface area (Å²) in [5.74, 6) is -1.24. The number of aromatic carboxylic acids is 1. The van der Waals surface area contributed by atoms with Crippen molar-refractivity contribution in [1.29, 1.82) is 0 Å². The Morgan fingerprint density at radius 2 is 2.05 bits per heavy atom. The van der Waals surface area contributed by atoms with Gasteiger partial charge in [0.2, 0.25) is 5.91 Å². The molecule has 0 heterocycles. The summed E-state index contributed by atoms with van der Waals surface area (Å²) in [4.78, 5) is 22.4. The molecule has 0 saturated carbocycles. The normalized spacial score (nSPS) is 10.5. The first-order chi connectivity index (χ1) is 8.90. The summed E-state index contributed by atoms with van der Waals surface area (Å²) < 4.78 is 0. The highest BCUT2D eigenvalue weighted by Gasteiger charge is 2.10. The number of amides is 1. The maximum atomic E-state index is 11.6. The molecular formula is C13H17ClN2O3. The molecule has 0 saturated heterocycles. The number of hydrogen-bond donors (Lipinski definition) is 3. The van der Waals surface area contributed by atoms with Gasteiger partial charge in [-0.2, -0.15) is 0 Å². The van der Waals surface area contributed by atoms with Gasteiger partial charge in [0.15, 0.2) is 0 Å². The summed E-state index contributed by atoms with van der Waals surface area (Å²) in [6.07, 6.45) is 0.344. The van der Waals surface area contributed by atoms with E-state index in [0.717, 1.165) is 0 Å². The van der Waals surface area contributed by atoms with Gasteiger partial charge in [-0.25, -0.2) is 4.79 Å². The van der Waals surface area contributed by atoms with Crippen LogP contribution in [0.1, 0.15) is 30.6 Å². The van der Waals surface area contributed by atoms with E-state index in [9.17, 15) is 9.59 Å². The van der Waals surface area contributed by atoms with Crippen LogP contribution in [-0.2, 0) is 4.79 Å². The van der Waals surface area contributed by atoms with E-state index in [-0.39, 0.29) is 16.5 Å². The maximum absolute atomic E-state index is 11.6. The third-order valence-corrected chi connectivity index (χ3v) is 2.70. The Bertz CT molecular complexity index is 475. The highest BCUT2D eigenvalue weighted by molar-refractivity contribution is 6.33. The molecule has 104 valence electrons. The van der Waals surface area contributed by atoms with Crippen LogP contribution in [0.4, 0.5) is 5.69 Å². The summed E-state index contributed by atoms with van der Waals surface area (Å²) >= 11 is 5.81. The van der Waals surface area contributed by atoms with E-state index >= 15 is 0 Å². The van der Waals surface area contributed by atoms with Crippen molar-refractivity contribution in [2.45, 2.75) is 26.3 Å². The van der Waals surface area contributed by atoms with E-state index < -0.39 is 5.97 Å². The highest BCUT2D eigenvalue weighted by Crippen LogP contribution is 2.21. The van der Waals surface area contributed by atoms with Crippen LogP contribution in [-0.4, -0.2) is 29.6 Å². The number of benzene rings is 1. The van der Waals surface area contributed by atoms with Gasteiger partial charge in [0.1, 0.15) is 0 Å². The lowest BCUT2D eigenvalue weighted by atomic mass is 10.2. The fourth-order valence-electron chi connectivity index (χ4n) is 1.46. The minimum absolute atomic E-state index is 0.0149. The van der Waals surface area contributed by atoms with Gasteiger partial charge < -0.3 is 15.7 Å². The second-order valence-corrected chi connectivity index (χ2v) is 4.81. The third-order valence-electron chi connectivity index (χ3n) is 2.39. The van der Waals surface area contributed by atoms with E-state index in [1.807, 2.05) is 13.8 Å². The molecule has 0 atom stereocenters. The van der Waals surface area contributed by atoms with Gasteiger partial charge in [-0.3, -0.25) is 4.79 Å².